The first kappa shape index (κ1) is 24.9. The number of carbonyl (C=O) groups excluding carboxylic acids is 2. The number of likely N-dealkylation sites (tertiary alicyclic amines) is 1. The number of nitrogens with zero attached hydrogens (tertiary/aromatic N) is 3. The maximum absolute atomic E-state index is 13.6. The molecule has 0 spiro atoms. The number of hydrogen-bond acceptors (Lipinski definition) is 6. The summed E-state index contributed by atoms with van der Waals surface area (Å²) < 4.78 is 10.5. The summed E-state index contributed by atoms with van der Waals surface area (Å²) in [5.41, 5.74) is 5.36. The second-order valence-corrected chi connectivity index (χ2v) is 9.42. The van der Waals surface area contributed by atoms with Gasteiger partial charge in [0.25, 0.3) is 5.91 Å². The van der Waals surface area contributed by atoms with Gasteiger partial charge < -0.3 is 9.47 Å². The molecule has 0 N–H and O–H groups in total. The van der Waals surface area contributed by atoms with E-state index in [9.17, 15) is 9.59 Å². The van der Waals surface area contributed by atoms with E-state index in [2.05, 4.69) is 36.9 Å². The number of carbonyl (C=O) groups is 2. The van der Waals surface area contributed by atoms with E-state index < -0.39 is 0 Å². The molecule has 186 valence electrons. The summed E-state index contributed by atoms with van der Waals surface area (Å²) in [6, 6.07) is 14.0. The van der Waals surface area contributed by atoms with Crippen molar-refractivity contribution < 1.29 is 19.1 Å². The molecule has 0 aromatic heterocycles. The third kappa shape index (κ3) is 5.73. The van der Waals surface area contributed by atoms with Gasteiger partial charge in [-0.1, -0.05) is 35.9 Å². The number of rotatable bonds is 7. The molecular weight excluding hydrogens is 442 g/mol. The van der Waals surface area contributed by atoms with Gasteiger partial charge in [-0.05, 0) is 63.4 Å². The van der Waals surface area contributed by atoms with E-state index in [-0.39, 0.29) is 30.4 Å². The van der Waals surface area contributed by atoms with Crippen LogP contribution in [0.2, 0.25) is 0 Å². The van der Waals surface area contributed by atoms with Crippen LogP contribution in [0.25, 0.3) is 0 Å². The van der Waals surface area contributed by atoms with Crippen LogP contribution in [0.15, 0.2) is 47.6 Å². The first-order chi connectivity index (χ1) is 16.9. The van der Waals surface area contributed by atoms with E-state index in [1.165, 1.54) is 5.56 Å². The predicted molar refractivity (Wildman–Crippen MR) is 135 cm³/mol. The van der Waals surface area contributed by atoms with Gasteiger partial charge in [0.05, 0.1) is 37.9 Å². The molecule has 0 unspecified atom stereocenters. The molecule has 0 aliphatic carbocycles. The number of aryl methyl sites for hydroxylation is 2. The van der Waals surface area contributed by atoms with Crippen molar-refractivity contribution in [2.75, 3.05) is 33.4 Å². The van der Waals surface area contributed by atoms with Crippen LogP contribution in [-0.2, 0) is 14.3 Å². The van der Waals surface area contributed by atoms with E-state index in [1.807, 2.05) is 31.2 Å². The van der Waals surface area contributed by atoms with Gasteiger partial charge in [-0.2, -0.15) is 5.10 Å². The lowest BCUT2D eigenvalue weighted by atomic mass is 9.95. The molecule has 7 heteroatoms. The molecule has 35 heavy (non-hydrogen) atoms. The molecule has 2 aliphatic heterocycles. The van der Waals surface area contributed by atoms with Crippen LogP contribution < -0.4 is 4.74 Å². The minimum absolute atomic E-state index is 0.0601. The zero-order chi connectivity index (χ0) is 24.9. The number of amides is 1. The lowest BCUT2D eigenvalue weighted by Gasteiger charge is -2.32. The van der Waals surface area contributed by atoms with Gasteiger partial charge in [0.1, 0.15) is 5.75 Å². The molecule has 2 atom stereocenters. The Balaban J connectivity index is 1.56. The Bertz CT molecular complexity index is 1100. The highest BCUT2D eigenvalue weighted by molar-refractivity contribution is 6.04. The first-order valence-corrected chi connectivity index (χ1v) is 12.4. The van der Waals surface area contributed by atoms with Crippen molar-refractivity contribution in [1.29, 1.82) is 0 Å². The average molecular weight is 478 g/mol. The Morgan fingerprint density at radius 2 is 1.89 bits per heavy atom. The van der Waals surface area contributed by atoms with E-state index in [0.29, 0.717) is 19.6 Å². The number of piperidine rings is 1. The molecule has 1 fully saturated rings. The second kappa shape index (κ2) is 11.0. The van der Waals surface area contributed by atoms with Crippen molar-refractivity contribution in [3.8, 4) is 5.75 Å². The fourth-order valence-electron chi connectivity index (χ4n) is 5.04. The molecule has 4 rings (SSSR count). The summed E-state index contributed by atoms with van der Waals surface area (Å²) in [6.07, 6.45) is 2.32. The number of ether oxygens (including phenoxy) is 2. The molecule has 0 radical (unpaired) electrons. The standard InChI is InChI=1S/C28H35N3O4/c1-5-35-28(33)22-7-6-14-30(17-22)18-27(32)31-26(21-9-11-23(34-4)12-10-21)16-25(29-31)24-13-8-19(2)15-20(24)3/h8-13,15,22,26H,5-7,14,16-18H2,1-4H3/t22-,26-/m1/s1. The van der Waals surface area contributed by atoms with E-state index in [4.69, 9.17) is 14.6 Å². The molecular formula is C28H35N3O4. The topological polar surface area (TPSA) is 71.4 Å². The molecule has 1 amide bonds. The van der Waals surface area contributed by atoms with Crippen LogP contribution in [0, 0.1) is 19.8 Å². The van der Waals surface area contributed by atoms with Crippen LogP contribution in [0.4, 0.5) is 0 Å². The molecule has 7 nitrogen and oxygen atoms in total. The largest absolute Gasteiger partial charge is 0.497 e. The summed E-state index contributed by atoms with van der Waals surface area (Å²) in [7, 11) is 1.64. The normalized spacial score (nSPS) is 20.5. The number of esters is 1. The van der Waals surface area contributed by atoms with Gasteiger partial charge in [0.2, 0.25) is 0 Å². The second-order valence-electron chi connectivity index (χ2n) is 9.42. The van der Waals surface area contributed by atoms with Crippen molar-refractivity contribution in [1.82, 2.24) is 9.91 Å². The minimum atomic E-state index is -0.185. The third-order valence-corrected chi connectivity index (χ3v) is 6.84. The highest BCUT2D eigenvalue weighted by atomic mass is 16.5. The Morgan fingerprint density at radius 3 is 2.57 bits per heavy atom. The zero-order valence-electron chi connectivity index (χ0n) is 21.1. The summed E-state index contributed by atoms with van der Waals surface area (Å²) in [4.78, 5) is 27.9. The number of methoxy groups -OCH3 is 1. The Hall–Kier alpha value is -3.19. The zero-order valence-corrected chi connectivity index (χ0v) is 21.1. The Morgan fingerprint density at radius 1 is 1.11 bits per heavy atom. The smallest absolute Gasteiger partial charge is 0.310 e. The summed E-state index contributed by atoms with van der Waals surface area (Å²) in [5, 5.41) is 6.49. The van der Waals surface area contributed by atoms with Crippen molar-refractivity contribution in [2.45, 2.75) is 46.1 Å². The van der Waals surface area contributed by atoms with Crippen molar-refractivity contribution in [3.05, 3.63) is 64.7 Å². The quantitative estimate of drug-likeness (QED) is 0.557. The summed E-state index contributed by atoms with van der Waals surface area (Å²) in [5.74, 6) is 0.368. The monoisotopic (exact) mass is 477 g/mol. The van der Waals surface area contributed by atoms with Crippen molar-refractivity contribution in [3.63, 3.8) is 0 Å². The highest BCUT2D eigenvalue weighted by Gasteiger charge is 2.35. The number of hydrazone groups is 1. The molecule has 1 saturated heterocycles. The van der Waals surface area contributed by atoms with Crippen LogP contribution in [0.5, 0.6) is 5.75 Å². The molecule has 0 bridgehead atoms. The van der Waals surface area contributed by atoms with Gasteiger partial charge in [0.15, 0.2) is 0 Å². The SMILES string of the molecule is CCOC(=O)[C@@H]1CCCN(CC(=O)N2N=C(c3ccc(C)cc3C)C[C@@H]2c2ccc(OC)cc2)C1. The van der Waals surface area contributed by atoms with Crippen LogP contribution >= 0.6 is 0 Å². The van der Waals surface area contributed by atoms with E-state index >= 15 is 0 Å². The predicted octanol–water partition coefficient (Wildman–Crippen LogP) is 4.26. The Labute approximate surface area is 207 Å². The van der Waals surface area contributed by atoms with Crippen LogP contribution in [0.3, 0.4) is 0 Å². The van der Waals surface area contributed by atoms with Crippen LogP contribution in [0.1, 0.15) is 54.5 Å². The van der Waals surface area contributed by atoms with Gasteiger partial charge in [0, 0.05) is 18.5 Å². The first-order valence-electron chi connectivity index (χ1n) is 12.4. The molecule has 0 saturated carbocycles. The summed E-state index contributed by atoms with van der Waals surface area (Å²) in [6.45, 7) is 7.91. The molecule has 2 aromatic carbocycles. The highest BCUT2D eigenvalue weighted by Crippen LogP contribution is 2.34. The lowest BCUT2D eigenvalue weighted by molar-refractivity contribution is -0.150. The fourth-order valence-corrected chi connectivity index (χ4v) is 5.04. The van der Waals surface area contributed by atoms with Crippen LogP contribution in [-0.4, -0.2) is 60.8 Å². The maximum atomic E-state index is 13.6. The van der Waals surface area contributed by atoms with Gasteiger partial charge in [-0.25, -0.2) is 5.01 Å². The molecule has 2 heterocycles. The van der Waals surface area contributed by atoms with Gasteiger partial charge in [-0.3, -0.25) is 14.5 Å². The fraction of sp³-hybridized carbons (Fsp3) is 0.464. The van der Waals surface area contributed by atoms with E-state index in [0.717, 1.165) is 47.5 Å². The lowest BCUT2D eigenvalue weighted by Crippen LogP contribution is -2.44. The van der Waals surface area contributed by atoms with Crippen molar-refractivity contribution in [2.24, 2.45) is 11.0 Å². The molecule has 2 aliphatic rings. The average Bonchev–Trinajstić information content (AvgIpc) is 3.30. The molecule has 2 aromatic rings. The minimum Gasteiger partial charge on any atom is -0.497 e. The van der Waals surface area contributed by atoms with Gasteiger partial charge in [-0.15, -0.1) is 0 Å². The Kier molecular flexibility index (Phi) is 7.86. The maximum Gasteiger partial charge on any atom is 0.310 e. The summed E-state index contributed by atoms with van der Waals surface area (Å²) >= 11 is 0. The van der Waals surface area contributed by atoms with Crippen molar-refractivity contribution >= 4 is 17.6 Å². The number of benzene rings is 2. The number of hydrogen-bond donors (Lipinski definition) is 0. The third-order valence-electron chi connectivity index (χ3n) is 6.84. The van der Waals surface area contributed by atoms with E-state index in [1.54, 1.807) is 12.1 Å². The van der Waals surface area contributed by atoms with Gasteiger partial charge >= 0.3 is 5.97 Å².